The van der Waals surface area contributed by atoms with Crippen molar-refractivity contribution in [1.29, 1.82) is 0 Å². The molecule has 14 nitrogen and oxygen atoms in total. The number of hydrogen-bond acceptors (Lipinski definition) is 7. The second-order valence-corrected chi connectivity index (χ2v) is 18.6. The highest BCUT2D eigenvalue weighted by Crippen LogP contribution is 2.46. The Bertz CT molecular complexity index is 2900. The molecule has 0 radical (unpaired) electrons. The van der Waals surface area contributed by atoms with Gasteiger partial charge in [-0.25, -0.2) is 37.8 Å². The number of halogens is 12. The van der Waals surface area contributed by atoms with Gasteiger partial charge in [0.15, 0.2) is 0 Å². The Morgan fingerprint density at radius 2 is 1.14 bits per heavy atom. The average Bonchev–Trinajstić information content (AvgIpc) is 3.99. The maximum atomic E-state index is 13.3. The van der Waals surface area contributed by atoms with Crippen LogP contribution in [0.3, 0.4) is 0 Å². The summed E-state index contributed by atoms with van der Waals surface area (Å²) < 4.78 is 173. The van der Waals surface area contributed by atoms with Gasteiger partial charge in [-0.3, -0.25) is 30.5 Å². The molecule has 1 saturated heterocycles. The van der Waals surface area contributed by atoms with E-state index in [4.69, 9.17) is 22.6 Å². The Morgan fingerprint density at radius 3 is 1.52 bits per heavy atom. The lowest BCUT2D eigenvalue weighted by molar-refractivity contribution is -0.145. The van der Waals surface area contributed by atoms with Crippen LogP contribution in [-0.2, 0) is 55.6 Å². The first-order valence-corrected chi connectivity index (χ1v) is 23.4. The summed E-state index contributed by atoms with van der Waals surface area (Å²) in [5, 5.41) is 11.8. The SMILES string of the molecule is C.C.[C-]#[N+]C1(NC(=O)NNC=O)CCC(CO[C@H](C)c2cc(C(F)(F)F)cc(C(F)(F)F)c2)(c2ccccc2)CC1.[C-]#[N+][C@]1(n2cn[nH]c2=O)CC[C@@](CO[C@H](C)c2cc(C(F)(F)F)cc(C(F)(F)F)c2)(c2ccccc2)NC1. The molecule has 4 aromatic carbocycles. The molecule has 0 unspecified atom stereocenters. The Kier molecular flexibility index (Phi) is 20.4. The minimum absolute atomic E-state index is 0. The van der Waals surface area contributed by atoms with Gasteiger partial charge in [0.25, 0.3) is 0 Å². The van der Waals surface area contributed by atoms with Crippen LogP contribution < -0.4 is 27.2 Å². The fourth-order valence-electron chi connectivity index (χ4n) is 9.23. The summed E-state index contributed by atoms with van der Waals surface area (Å²) in [6.07, 6.45) is -19.1. The quantitative estimate of drug-likeness (QED) is 0.0320. The molecule has 1 aromatic heterocycles. The Hall–Kier alpha value is -7.42. The monoisotopic (exact) mass is 1130 g/mol. The van der Waals surface area contributed by atoms with Gasteiger partial charge < -0.3 is 9.47 Å². The highest BCUT2D eigenvalue weighted by molar-refractivity contribution is 5.76. The normalized spacial score (nSPS) is 22.1. The van der Waals surface area contributed by atoms with Gasteiger partial charge in [0, 0.05) is 18.3 Å². The molecule has 1 saturated carbocycles. The van der Waals surface area contributed by atoms with Gasteiger partial charge in [0.1, 0.15) is 6.33 Å². The number of ether oxygens (including phenoxy) is 2. The number of aromatic amines is 1. The van der Waals surface area contributed by atoms with Gasteiger partial charge in [-0.2, -0.15) is 57.8 Å². The number of carbonyl (C=O) groups is 2. The molecule has 26 heteroatoms. The van der Waals surface area contributed by atoms with Gasteiger partial charge >= 0.3 is 47.8 Å². The lowest BCUT2D eigenvalue weighted by atomic mass is 9.67. The highest BCUT2D eigenvalue weighted by atomic mass is 19.4. The zero-order valence-corrected chi connectivity index (χ0v) is 40.8. The summed E-state index contributed by atoms with van der Waals surface area (Å²) in [5.74, 6) is 0. The molecule has 2 fully saturated rings. The maximum absolute atomic E-state index is 13.3. The average molecular weight is 1130 g/mol. The van der Waals surface area contributed by atoms with Crippen molar-refractivity contribution < 1.29 is 71.7 Å². The second kappa shape index (κ2) is 25.1. The van der Waals surface area contributed by atoms with Crippen molar-refractivity contribution >= 4 is 12.4 Å². The molecule has 5 N–H and O–H groups in total. The molecule has 0 spiro atoms. The first kappa shape index (κ1) is 64.1. The van der Waals surface area contributed by atoms with Crippen LogP contribution in [0.5, 0.6) is 0 Å². The molecule has 2 heterocycles. The van der Waals surface area contributed by atoms with Crippen molar-refractivity contribution in [3.63, 3.8) is 0 Å². The first-order chi connectivity index (χ1) is 36.0. The topological polar surface area (TPSA) is 160 Å². The summed E-state index contributed by atoms with van der Waals surface area (Å²) in [6.45, 7) is 18.0. The van der Waals surface area contributed by atoms with Crippen molar-refractivity contribution in [2.24, 2.45) is 0 Å². The minimum atomic E-state index is -4.98. The van der Waals surface area contributed by atoms with Crippen LogP contribution in [0, 0.1) is 13.1 Å². The fraction of sp³-hybridized carbons (Fsp3) is 0.434. The largest absolute Gasteiger partial charge is 0.416 e. The van der Waals surface area contributed by atoms with E-state index in [0.717, 1.165) is 11.1 Å². The maximum Gasteiger partial charge on any atom is 0.416 e. The Morgan fingerprint density at radius 1 is 0.684 bits per heavy atom. The number of aromatic nitrogens is 3. The summed E-state index contributed by atoms with van der Waals surface area (Å²) >= 11 is 0. The number of H-pyrrole nitrogens is 1. The van der Waals surface area contributed by atoms with Crippen LogP contribution in [-0.4, -0.2) is 52.6 Å². The van der Waals surface area contributed by atoms with E-state index in [9.17, 15) is 67.1 Å². The minimum Gasteiger partial charge on any atom is -0.373 e. The van der Waals surface area contributed by atoms with E-state index in [-0.39, 0.29) is 90.0 Å². The third-order valence-electron chi connectivity index (χ3n) is 13.8. The lowest BCUT2D eigenvalue weighted by Gasteiger charge is -2.42. The zero-order chi connectivity index (χ0) is 56.7. The molecule has 1 aliphatic heterocycles. The third kappa shape index (κ3) is 15.2. The Labute approximate surface area is 446 Å². The number of rotatable bonds is 14. The molecular weight excluding hydrogens is 1070 g/mol. The molecular formula is C53H57F12N9O5. The number of hydrogen-bond donors (Lipinski definition) is 5. The Balaban J connectivity index is 0.000000332. The van der Waals surface area contributed by atoms with Gasteiger partial charge in [-0.15, -0.1) is 0 Å². The van der Waals surface area contributed by atoms with Crippen LogP contribution >= 0.6 is 0 Å². The third-order valence-corrected chi connectivity index (χ3v) is 13.8. The van der Waals surface area contributed by atoms with Crippen molar-refractivity contribution in [2.45, 2.75) is 126 Å². The van der Waals surface area contributed by atoms with Crippen LogP contribution in [0.4, 0.5) is 57.5 Å². The van der Waals surface area contributed by atoms with Gasteiger partial charge in [-0.1, -0.05) is 75.5 Å². The first-order valence-electron chi connectivity index (χ1n) is 23.4. The summed E-state index contributed by atoms with van der Waals surface area (Å²) in [6, 6.07) is 20.0. The standard InChI is InChI=1S/C26H26F6N4O3.C25H23F6N5O2.2CH4/c1-17(18-12-20(25(27,28)29)14-21(13-18)26(30,31)32)39-15-23(19-6-4-3-5-7-19)8-10-24(33-2,11-9-23)35-22(38)36-34-16-37;1-16(17-10-19(24(26,27)28)12-20(11-17)25(29,30)31)38-14-22(18-6-4-3-5-7-18)8-9-23(32-2,13-33-22)36-15-34-35-21(36)37;;/h3-7,12-14,16-17H,8-11,15H2,1H3,(H,34,37)(H2,35,36,38);3-7,10-12,15-16,33H,8-9,13-14H2,1H3,(H,35,37);2*1H4/t17-,23?,24?;16-,22-,23+;;/m11../s1. The number of amides is 3. The smallest absolute Gasteiger partial charge is 0.373 e. The van der Waals surface area contributed by atoms with Crippen molar-refractivity contribution in [2.75, 3.05) is 19.8 Å². The molecule has 7 rings (SSSR count). The highest BCUT2D eigenvalue weighted by Gasteiger charge is 2.52. The van der Waals surface area contributed by atoms with Crippen LogP contribution in [0.1, 0.15) is 124 Å². The number of benzene rings is 4. The molecule has 4 atom stereocenters. The number of nitrogens with zero attached hydrogens (tertiary/aromatic N) is 4. The van der Waals surface area contributed by atoms with E-state index >= 15 is 0 Å². The zero-order valence-electron chi connectivity index (χ0n) is 40.8. The number of piperidine rings is 1. The lowest BCUT2D eigenvalue weighted by Crippen LogP contribution is -2.59. The van der Waals surface area contributed by atoms with E-state index in [1.165, 1.54) is 24.7 Å². The molecule has 2 aliphatic rings. The predicted octanol–water partition coefficient (Wildman–Crippen LogP) is 12.4. The molecule has 5 aromatic rings. The summed E-state index contributed by atoms with van der Waals surface area (Å²) in [5.41, 5.74) is -5.32. The molecule has 428 valence electrons. The van der Waals surface area contributed by atoms with Gasteiger partial charge in [0.2, 0.25) is 6.41 Å². The van der Waals surface area contributed by atoms with E-state index in [0.29, 0.717) is 37.1 Å². The number of urea groups is 1. The number of nitrogens with one attached hydrogen (secondary N) is 5. The predicted molar refractivity (Wildman–Crippen MR) is 265 cm³/mol. The van der Waals surface area contributed by atoms with E-state index in [1.807, 2.05) is 29.7 Å². The van der Waals surface area contributed by atoms with E-state index < -0.39 is 93.2 Å². The van der Waals surface area contributed by atoms with Crippen LogP contribution in [0.15, 0.2) is 108 Å². The van der Waals surface area contributed by atoms with Crippen molar-refractivity contribution in [3.8, 4) is 0 Å². The summed E-state index contributed by atoms with van der Waals surface area (Å²) in [7, 11) is 0. The van der Waals surface area contributed by atoms with Crippen LogP contribution in [0.2, 0.25) is 0 Å². The molecule has 79 heavy (non-hydrogen) atoms. The van der Waals surface area contributed by atoms with Crippen molar-refractivity contribution in [3.05, 3.63) is 181 Å². The van der Waals surface area contributed by atoms with Gasteiger partial charge in [0.05, 0.1) is 66.2 Å². The fourth-order valence-corrected chi connectivity index (χ4v) is 9.23. The van der Waals surface area contributed by atoms with Crippen LogP contribution in [0.25, 0.3) is 9.69 Å². The van der Waals surface area contributed by atoms with Crippen molar-refractivity contribution in [1.82, 2.24) is 36.2 Å². The number of carbonyl (C=O) groups excluding carboxylic acids is 2. The molecule has 1 aliphatic carbocycles. The molecule has 3 amide bonds. The molecule has 0 bridgehead atoms. The number of hydrazine groups is 1. The van der Waals surface area contributed by atoms with E-state index in [2.05, 4.69) is 35.9 Å². The van der Waals surface area contributed by atoms with Gasteiger partial charge in [-0.05, 0) is 91.8 Å². The summed E-state index contributed by atoms with van der Waals surface area (Å²) in [4.78, 5) is 41.9. The number of alkyl halides is 12. The van der Waals surface area contributed by atoms with E-state index in [1.54, 1.807) is 36.4 Å². The second-order valence-electron chi connectivity index (χ2n) is 18.6.